The number of nitrogens with one attached hydrogen (secondary N) is 1. The van der Waals surface area contributed by atoms with E-state index in [0.717, 1.165) is 24.3 Å². The molecule has 3 nitrogen and oxygen atoms in total. The number of hydrogen-bond acceptors (Lipinski definition) is 3. The van der Waals surface area contributed by atoms with E-state index in [2.05, 4.69) is 23.3 Å². The summed E-state index contributed by atoms with van der Waals surface area (Å²) in [6, 6.07) is 12.0. The topological polar surface area (TPSA) is 34.1 Å². The second-order valence-electron chi connectivity index (χ2n) is 4.14. The Morgan fingerprint density at radius 1 is 1.17 bits per heavy atom. The van der Waals surface area contributed by atoms with Gasteiger partial charge in [-0.15, -0.1) is 0 Å². The molecule has 0 unspecified atom stereocenters. The fraction of sp³-hybridized carbons (Fsp3) is 0.267. The second-order valence-corrected chi connectivity index (χ2v) is 4.14. The molecular weight excluding hydrogens is 224 g/mol. The van der Waals surface area contributed by atoms with Crippen molar-refractivity contribution in [2.24, 2.45) is 0 Å². The molecule has 0 fully saturated rings. The molecule has 2 aromatic rings. The SMILES string of the molecule is CCc1cccc(Oc2ccc(CNC)cn2)c1. The van der Waals surface area contributed by atoms with Gasteiger partial charge in [-0.3, -0.25) is 0 Å². The molecule has 1 aromatic heterocycles. The van der Waals surface area contributed by atoms with Gasteiger partial charge in [0.2, 0.25) is 5.88 Å². The van der Waals surface area contributed by atoms with Gasteiger partial charge in [-0.2, -0.15) is 0 Å². The summed E-state index contributed by atoms with van der Waals surface area (Å²) < 4.78 is 5.72. The smallest absolute Gasteiger partial charge is 0.219 e. The van der Waals surface area contributed by atoms with E-state index in [-0.39, 0.29) is 0 Å². The molecule has 0 spiro atoms. The normalized spacial score (nSPS) is 10.3. The van der Waals surface area contributed by atoms with Crippen molar-refractivity contribution in [3.63, 3.8) is 0 Å². The van der Waals surface area contributed by atoms with E-state index in [1.54, 1.807) is 0 Å². The summed E-state index contributed by atoms with van der Waals surface area (Å²) in [5, 5.41) is 3.09. The van der Waals surface area contributed by atoms with Crippen molar-refractivity contribution < 1.29 is 4.74 Å². The van der Waals surface area contributed by atoms with Crippen LogP contribution in [-0.2, 0) is 13.0 Å². The van der Waals surface area contributed by atoms with Crippen molar-refractivity contribution in [1.82, 2.24) is 10.3 Å². The van der Waals surface area contributed by atoms with Gasteiger partial charge in [0.05, 0.1) is 0 Å². The standard InChI is InChI=1S/C15H18N2O/c1-3-12-5-4-6-14(9-12)18-15-8-7-13(10-16-2)11-17-15/h4-9,11,16H,3,10H2,1-2H3. The first-order valence-electron chi connectivity index (χ1n) is 6.18. The van der Waals surface area contributed by atoms with E-state index in [1.165, 1.54) is 5.56 Å². The van der Waals surface area contributed by atoms with Crippen molar-refractivity contribution in [2.75, 3.05) is 7.05 Å². The highest BCUT2D eigenvalue weighted by Crippen LogP contribution is 2.20. The van der Waals surface area contributed by atoms with E-state index >= 15 is 0 Å². The molecule has 0 bridgehead atoms. The molecule has 0 amide bonds. The first-order valence-corrected chi connectivity index (χ1v) is 6.18. The largest absolute Gasteiger partial charge is 0.439 e. The number of hydrogen-bond donors (Lipinski definition) is 1. The fourth-order valence-electron chi connectivity index (χ4n) is 1.73. The lowest BCUT2D eigenvalue weighted by Crippen LogP contribution is -2.05. The Balaban J connectivity index is 2.08. The van der Waals surface area contributed by atoms with Crippen LogP contribution in [0.1, 0.15) is 18.1 Å². The van der Waals surface area contributed by atoms with E-state index in [1.807, 2.05) is 43.6 Å². The Bertz CT molecular complexity index is 494. The van der Waals surface area contributed by atoms with E-state index in [9.17, 15) is 0 Å². The number of aryl methyl sites for hydroxylation is 1. The monoisotopic (exact) mass is 242 g/mol. The van der Waals surface area contributed by atoms with Crippen molar-refractivity contribution in [2.45, 2.75) is 19.9 Å². The van der Waals surface area contributed by atoms with Crippen molar-refractivity contribution >= 4 is 0 Å². The molecule has 3 heteroatoms. The Morgan fingerprint density at radius 2 is 2.06 bits per heavy atom. The molecular formula is C15H18N2O. The maximum Gasteiger partial charge on any atom is 0.219 e. The van der Waals surface area contributed by atoms with Crippen LogP contribution in [0.5, 0.6) is 11.6 Å². The van der Waals surface area contributed by atoms with Gasteiger partial charge in [0, 0.05) is 18.8 Å². The van der Waals surface area contributed by atoms with Gasteiger partial charge in [0.1, 0.15) is 5.75 Å². The minimum atomic E-state index is 0.628. The summed E-state index contributed by atoms with van der Waals surface area (Å²) in [4.78, 5) is 4.29. The average molecular weight is 242 g/mol. The molecule has 2 rings (SSSR count). The minimum Gasteiger partial charge on any atom is -0.439 e. The van der Waals surface area contributed by atoms with Gasteiger partial charge in [0.15, 0.2) is 0 Å². The van der Waals surface area contributed by atoms with Crippen molar-refractivity contribution in [3.05, 3.63) is 53.7 Å². The predicted molar refractivity (Wildman–Crippen MR) is 72.9 cm³/mol. The maximum absolute atomic E-state index is 5.72. The molecule has 0 atom stereocenters. The lowest BCUT2D eigenvalue weighted by Gasteiger charge is -2.06. The lowest BCUT2D eigenvalue weighted by atomic mass is 10.2. The van der Waals surface area contributed by atoms with Crippen LogP contribution < -0.4 is 10.1 Å². The molecule has 1 aromatic carbocycles. The first-order chi connectivity index (χ1) is 8.81. The number of pyridine rings is 1. The summed E-state index contributed by atoms with van der Waals surface area (Å²) in [5.74, 6) is 1.46. The number of aromatic nitrogens is 1. The van der Waals surface area contributed by atoms with Gasteiger partial charge < -0.3 is 10.1 Å². The molecule has 0 aliphatic heterocycles. The first kappa shape index (κ1) is 12.6. The van der Waals surface area contributed by atoms with Crippen LogP contribution in [0.25, 0.3) is 0 Å². The zero-order valence-electron chi connectivity index (χ0n) is 10.8. The number of ether oxygens (including phenoxy) is 1. The van der Waals surface area contributed by atoms with Gasteiger partial charge in [-0.25, -0.2) is 4.98 Å². The van der Waals surface area contributed by atoms with Gasteiger partial charge in [-0.05, 0) is 36.7 Å². The molecule has 0 saturated carbocycles. The van der Waals surface area contributed by atoms with E-state index in [0.29, 0.717) is 5.88 Å². The van der Waals surface area contributed by atoms with Crippen LogP contribution in [0.15, 0.2) is 42.6 Å². The number of benzene rings is 1. The fourth-order valence-corrected chi connectivity index (χ4v) is 1.73. The van der Waals surface area contributed by atoms with Crippen LogP contribution in [0, 0.1) is 0 Å². The van der Waals surface area contributed by atoms with Crippen LogP contribution in [-0.4, -0.2) is 12.0 Å². The maximum atomic E-state index is 5.72. The highest BCUT2D eigenvalue weighted by atomic mass is 16.5. The quantitative estimate of drug-likeness (QED) is 0.874. The number of rotatable bonds is 5. The summed E-state index contributed by atoms with van der Waals surface area (Å²) in [6.45, 7) is 2.95. The van der Waals surface area contributed by atoms with Crippen LogP contribution in [0.4, 0.5) is 0 Å². The molecule has 0 saturated heterocycles. The molecule has 0 aliphatic rings. The molecule has 94 valence electrons. The highest BCUT2D eigenvalue weighted by Gasteiger charge is 2.00. The third-order valence-corrected chi connectivity index (χ3v) is 2.71. The average Bonchev–Trinajstić information content (AvgIpc) is 2.42. The molecule has 18 heavy (non-hydrogen) atoms. The second kappa shape index (κ2) is 6.17. The van der Waals surface area contributed by atoms with Gasteiger partial charge in [0.25, 0.3) is 0 Å². The number of nitrogens with zero attached hydrogens (tertiary/aromatic N) is 1. The van der Waals surface area contributed by atoms with Gasteiger partial charge in [-0.1, -0.05) is 25.1 Å². The van der Waals surface area contributed by atoms with Crippen LogP contribution in [0.3, 0.4) is 0 Å². The predicted octanol–water partition coefficient (Wildman–Crippen LogP) is 3.16. The summed E-state index contributed by atoms with van der Waals surface area (Å²) in [6.07, 6.45) is 2.83. The Morgan fingerprint density at radius 3 is 2.72 bits per heavy atom. The summed E-state index contributed by atoms with van der Waals surface area (Å²) in [5.41, 5.74) is 2.41. The Kier molecular flexibility index (Phi) is 4.31. The third-order valence-electron chi connectivity index (χ3n) is 2.71. The molecule has 0 aliphatic carbocycles. The minimum absolute atomic E-state index is 0.628. The summed E-state index contributed by atoms with van der Waals surface area (Å²) >= 11 is 0. The van der Waals surface area contributed by atoms with Crippen molar-refractivity contribution in [1.29, 1.82) is 0 Å². The lowest BCUT2D eigenvalue weighted by molar-refractivity contribution is 0.462. The molecule has 1 heterocycles. The zero-order valence-corrected chi connectivity index (χ0v) is 10.8. The Hall–Kier alpha value is -1.87. The van der Waals surface area contributed by atoms with Crippen LogP contribution >= 0.6 is 0 Å². The molecule has 0 radical (unpaired) electrons. The van der Waals surface area contributed by atoms with Crippen LogP contribution in [0.2, 0.25) is 0 Å². The van der Waals surface area contributed by atoms with Crippen molar-refractivity contribution in [3.8, 4) is 11.6 Å². The van der Waals surface area contributed by atoms with E-state index in [4.69, 9.17) is 4.74 Å². The van der Waals surface area contributed by atoms with E-state index < -0.39 is 0 Å². The Labute approximate surface area is 108 Å². The third kappa shape index (κ3) is 3.31. The summed E-state index contributed by atoms with van der Waals surface area (Å²) in [7, 11) is 1.92. The van der Waals surface area contributed by atoms with Gasteiger partial charge >= 0.3 is 0 Å². The highest BCUT2D eigenvalue weighted by molar-refractivity contribution is 5.32. The zero-order chi connectivity index (χ0) is 12.8. The molecule has 1 N–H and O–H groups in total.